The third-order valence-electron chi connectivity index (χ3n) is 5.11. The third-order valence-corrected chi connectivity index (χ3v) is 7.53. The Morgan fingerprint density at radius 3 is 2.72 bits per heavy atom. The van der Waals surface area contributed by atoms with Crippen LogP contribution in [0.2, 0.25) is 5.02 Å². The van der Waals surface area contributed by atoms with Crippen molar-refractivity contribution in [3.8, 4) is 11.4 Å². The monoisotopic (exact) mass is 435 g/mol. The Morgan fingerprint density at radius 1 is 1.21 bits per heavy atom. The van der Waals surface area contributed by atoms with Gasteiger partial charge in [0.2, 0.25) is 21.7 Å². The van der Waals surface area contributed by atoms with Crippen LogP contribution < -0.4 is 0 Å². The van der Waals surface area contributed by atoms with Gasteiger partial charge in [0.1, 0.15) is 5.82 Å². The lowest BCUT2D eigenvalue weighted by atomic mass is 10.00. The fourth-order valence-corrected chi connectivity index (χ4v) is 5.49. The number of nitrogens with zero attached hydrogens (tertiary/aromatic N) is 3. The van der Waals surface area contributed by atoms with Crippen molar-refractivity contribution < 1.29 is 17.3 Å². The molecule has 0 N–H and O–H groups in total. The number of hydrogen-bond donors (Lipinski definition) is 0. The van der Waals surface area contributed by atoms with Gasteiger partial charge in [0.05, 0.1) is 10.8 Å². The van der Waals surface area contributed by atoms with Gasteiger partial charge in [-0.15, -0.1) is 0 Å². The molecule has 2 heterocycles. The van der Waals surface area contributed by atoms with Gasteiger partial charge >= 0.3 is 0 Å². The molecule has 0 radical (unpaired) electrons. The minimum absolute atomic E-state index is 0.209. The molecule has 0 spiro atoms. The minimum atomic E-state index is -3.69. The Labute approximate surface area is 173 Å². The Bertz CT molecular complexity index is 1130. The van der Waals surface area contributed by atoms with Gasteiger partial charge < -0.3 is 4.52 Å². The Hall–Kier alpha value is -2.29. The SMILES string of the molecule is Cc1c(Cl)cccc1S(=O)(=O)N1CCC[C@@H](c2nc(-c3ccc(F)cc3)no2)C1. The number of benzene rings is 2. The summed E-state index contributed by atoms with van der Waals surface area (Å²) in [5, 5.41) is 4.39. The van der Waals surface area contributed by atoms with Crippen molar-refractivity contribution >= 4 is 21.6 Å². The lowest BCUT2D eigenvalue weighted by molar-refractivity contribution is 0.265. The van der Waals surface area contributed by atoms with Crippen molar-refractivity contribution in [1.82, 2.24) is 14.4 Å². The number of sulfonamides is 1. The maximum atomic E-state index is 13.2. The zero-order chi connectivity index (χ0) is 20.6. The third kappa shape index (κ3) is 3.92. The molecule has 3 aromatic rings. The van der Waals surface area contributed by atoms with Crippen LogP contribution in [0, 0.1) is 12.7 Å². The molecule has 6 nitrogen and oxygen atoms in total. The van der Waals surface area contributed by atoms with Gasteiger partial charge in [0.15, 0.2) is 0 Å². The molecule has 9 heteroatoms. The van der Waals surface area contributed by atoms with Crippen molar-refractivity contribution in [1.29, 1.82) is 0 Å². The van der Waals surface area contributed by atoms with E-state index in [0.717, 1.165) is 6.42 Å². The maximum absolute atomic E-state index is 13.2. The molecular formula is C20H19ClFN3O3S. The molecule has 0 amide bonds. The molecule has 1 aliphatic rings. The number of piperidine rings is 1. The number of hydrogen-bond acceptors (Lipinski definition) is 5. The summed E-state index contributed by atoms with van der Waals surface area (Å²) in [4.78, 5) is 4.62. The maximum Gasteiger partial charge on any atom is 0.243 e. The van der Waals surface area contributed by atoms with Crippen LogP contribution in [0.3, 0.4) is 0 Å². The highest BCUT2D eigenvalue weighted by atomic mass is 35.5. The molecule has 1 aromatic heterocycles. The summed E-state index contributed by atoms with van der Waals surface area (Å²) in [7, 11) is -3.69. The zero-order valence-electron chi connectivity index (χ0n) is 15.7. The van der Waals surface area contributed by atoms with Crippen molar-refractivity contribution in [2.75, 3.05) is 13.1 Å². The van der Waals surface area contributed by atoms with Crippen LogP contribution >= 0.6 is 11.6 Å². The summed E-state index contributed by atoms with van der Waals surface area (Å²) in [6, 6.07) is 10.7. The first-order chi connectivity index (χ1) is 13.9. The summed E-state index contributed by atoms with van der Waals surface area (Å²) in [6.45, 7) is 2.37. The second-order valence-electron chi connectivity index (χ2n) is 7.03. The van der Waals surface area contributed by atoms with Crippen LogP contribution in [0.5, 0.6) is 0 Å². The van der Waals surface area contributed by atoms with Crippen LogP contribution in [0.25, 0.3) is 11.4 Å². The zero-order valence-corrected chi connectivity index (χ0v) is 17.3. The Kier molecular flexibility index (Phi) is 5.42. The standard InChI is InChI=1S/C20H19ClFN3O3S/c1-13-17(21)5-2-6-18(13)29(26,27)25-11-3-4-15(12-25)20-23-19(24-28-20)14-7-9-16(22)10-8-14/h2,5-10,15H,3-4,11-12H2,1H3/t15-/m1/s1. The summed E-state index contributed by atoms with van der Waals surface area (Å²) >= 11 is 6.11. The average molecular weight is 436 g/mol. The van der Waals surface area contributed by atoms with Gasteiger partial charge in [-0.25, -0.2) is 12.8 Å². The number of aromatic nitrogens is 2. The lowest BCUT2D eigenvalue weighted by Crippen LogP contribution is -2.39. The first kappa shape index (κ1) is 20.0. The van der Waals surface area contributed by atoms with E-state index >= 15 is 0 Å². The normalized spacial score (nSPS) is 18.1. The average Bonchev–Trinajstić information content (AvgIpc) is 3.21. The van der Waals surface area contributed by atoms with E-state index in [2.05, 4.69) is 10.1 Å². The highest BCUT2D eigenvalue weighted by Gasteiger charge is 2.34. The molecular weight excluding hydrogens is 417 g/mol. The van der Waals surface area contributed by atoms with Crippen molar-refractivity contribution in [2.24, 2.45) is 0 Å². The molecule has 4 rings (SSSR count). The fourth-order valence-electron chi connectivity index (χ4n) is 3.49. The molecule has 1 aliphatic heterocycles. The quantitative estimate of drug-likeness (QED) is 0.606. The predicted molar refractivity (Wildman–Crippen MR) is 107 cm³/mol. The fraction of sp³-hybridized carbons (Fsp3) is 0.300. The van der Waals surface area contributed by atoms with Crippen molar-refractivity contribution in [3.05, 3.63) is 64.8 Å². The summed E-state index contributed by atoms with van der Waals surface area (Å²) in [5.74, 6) is 0.180. The van der Waals surface area contributed by atoms with E-state index < -0.39 is 10.0 Å². The Morgan fingerprint density at radius 2 is 1.97 bits per heavy atom. The first-order valence-corrected chi connectivity index (χ1v) is 11.0. The van der Waals surface area contributed by atoms with Gasteiger partial charge in [0.25, 0.3) is 0 Å². The highest BCUT2D eigenvalue weighted by Crippen LogP contribution is 2.32. The van der Waals surface area contributed by atoms with Gasteiger partial charge in [-0.1, -0.05) is 22.8 Å². The molecule has 29 heavy (non-hydrogen) atoms. The summed E-state index contributed by atoms with van der Waals surface area (Å²) in [5.41, 5.74) is 1.17. The van der Waals surface area contributed by atoms with E-state index in [9.17, 15) is 12.8 Å². The van der Waals surface area contributed by atoms with Crippen molar-refractivity contribution in [2.45, 2.75) is 30.6 Å². The first-order valence-electron chi connectivity index (χ1n) is 9.21. The second kappa shape index (κ2) is 7.85. The molecule has 0 saturated carbocycles. The van der Waals surface area contributed by atoms with Crippen LogP contribution in [0.4, 0.5) is 4.39 Å². The molecule has 1 fully saturated rings. The largest absolute Gasteiger partial charge is 0.339 e. The molecule has 0 unspecified atom stereocenters. The lowest BCUT2D eigenvalue weighted by Gasteiger charge is -2.30. The van der Waals surface area contributed by atoms with Gasteiger partial charge in [-0.05, 0) is 61.7 Å². The summed E-state index contributed by atoms with van der Waals surface area (Å²) in [6.07, 6.45) is 1.42. The van der Waals surface area contributed by atoms with Crippen LogP contribution in [0.15, 0.2) is 51.9 Å². The van der Waals surface area contributed by atoms with Crippen molar-refractivity contribution in [3.63, 3.8) is 0 Å². The molecule has 2 aromatic carbocycles. The topological polar surface area (TPSA) is 76.3 Å². The second-order valence-corrected chi connectivity index (χ2v) is 9.34. The van der Waals surface area contributed by atoms with E-state index in [0.29, 0.717) is 40.8 Å². The van der Waals surface area contributed by atoms with Gasteiger partial charge in [0, 0.05) is 23.7 Å². The predicted octanol–water partition coefficient (Wildman–Crippen LogP) is 4.41. The van der Waals surface area contributed by atoms with E-state index in [1.807, 2.05) is 0 Å². The van der Waals surface area contributed by atoms with Gasteiger partial charge in [-0.2, -0.15) is 9.29 Å². The van der Waals surface area contributed by atoms with E-state index in [1.54, 1.807) is 37.3 Å². The number of rotatable bonds is 4. The Balaban J connectivity index is 1.57. The van der Waals surface area contributed by atoms with E-state index in [-0.39, 0.29) is 23.2 Å². The van der Waals surface area contributed by atoms with Crippen LogP contribution in [-0.4, -0.2) is 36.0 Å². The van der Waals surface area contributed by atoms with Gasteiger partial charge in [-0.3, -0.25) is 0 Å². The molecule has 0 bridgehead atoms. The van der Waals surface area contributed by atoms with Crippen LogP contribution in [-0.2, 0) is 10.0 Å². The smallest absolute Gasteiger partial charge is 0.243 e. The molecule has 152 valence electrons. The molecule has 1 saturated heterocycles. The highest BCUT2D eigenvalue weighted by molar-refractivity contribution is 7.89. The minimum Gasteiger partial charge on any atom is -0.339 e. The van der Waals surface area contributed by atoms with E-state index in [4.69, 9.17) is 16.1 Å². The van der Waals surface area contributed by atoms with E-state index in [1.165, 1.54) is 16.4 Å². The summed E-state index contributed by atoms with van der Waals surface area (Å²) < 4.78 is 46.3. The number of halogens is 2. The molecule has 1 atom stereocenters. The molecule has 0 aliphatic carbocycles. The van der Waals surface area contributed by atoms with Crippen LogP contribution in [0.1, 0.15) is 30.2 Å².